The Morgan fingerprint density at radius 1 is 1.09 bits per heavy atom. The predicted molar refractivity (Wildman–Crippen MR) is 140 cm³/mol. The first kappa shape index (κ1) is 25.0. The number of halogens is 1. The van der Waals surface area contributed by atoms with E-state index < -0.39 is 5.82 Å². The zero-order valence-electron chi connectivity index (χ0n) is 21.8. The molecule has 1 fully saturated rings. The highest BCUT2D eigenvalue weighted by molar-refractivity contribution is 5.63. The quantitative estimate of drug-likeness (QED) is 0.392. The Labute approximate surface area is 207 Å². The average Bonchev–Trinajstić information content (AvgIpc) is 3.07. The van der Waals surface area contributed by atoms with Crippen molar-refractivity contribution in [3.63, 3.8) is 0 Å². The molecule has 0 atom stereocenters. The number of piperidine rings is 1. The molecular formula is C27H37FN6O. The number of benzene rings is 1. The van der Waals surface area contributed by atoms with Crippen LogP contribution in [0.2, 0.25) is 0 Å². The molecule has 0 unspecified atom stereocenters. The van der Waals surface area contributed by atoms with E-state index in [4.69, 9.17) is 4.74 Å². The molecule has 7 nitrogen and oxygen atoms in total. The third-order valence-electron chi connectivity index (χ3n) is 6.30. The van der Waals surface area contributed by atoms with Crippen molar-refractivity contribution in [2.75, 3.05) is 17.2 Å². The van der Waals surface area contributed by atoms with Crippen LogP contribution in [0, 0.1) is 19.7 Å². The minimum absolute atomic E-state index is 0.0581. The summed E-state index contributed by atoms with van der Waals surface area (Å²) in [5.74, 6) is 0.872. The highest BCUT2D eigenvalue weighted by Crippen LogP contribution is 2.32. The van der Waals surface area contributed by atoms with Crippen molar-refractivity contribution in [2.24, 2.45) is 0 Å². The molecule has 3 aromatic rings. The smallest absolute Gasteiger partial charge is 0.229 e. The molecule has 0 spiro atoms. The molecule has 188 valence electrons. The van der Waals surface area contributed by atoms with Crippen LogP contribution in [0.15, 0.2) is 36.5 Å². The van der Waals surface area contributed by atoms with E-state index in [9.17, 15) is 4.39 Å². The number of hydrogen-bond donors (Lipinski definition) is 3. The molecule has 1 aliphatic heterocycles. The van der Waals surface area contributed by atoms with E-state index in [1.807, 2.05) is 25.1 Å². The fourth-order valence-corrected chi connectivity index (χ4v) is 5.37. The zero-order valence-corrected chi connectivity index (χ0v) is 21.8. The lowest BCUT2D eigenvalue weighted by molar-refractivity contribution is 0.170. The Kier molecular flexibility index (Phi) is 6.77. The molecule has 35 heavy (non-hydrogen) atoms. The normalized spacial score (nSPS) is 17.3. The van der Waals surface area contributed by atoms with Crippen LogP contribution < -0.4 is 20.7 Å². The Hall–Kier alpha value is -3.13. The SMILES string of the molecule is CCOc1ccc(Nc2ncc(F)c(NC3CC(C)(C)NC(C)(C)C3)n2)cc1-n1c(C)ccc1C. The van der Waals surface area contributed by atoms with Gasteiger partial charge in [0.1, 0.15) is 5.75 Å². The summed E-state index contributed by atoms with van der Waals surface area (Å²) in [7, 11) is 0. The summed E-state index contributed by atoms with van der Waals surface area (Å²) in [4.78, 5) is 8.66. The first-order chi connectivity index (χ1) is 16.5. The van der Waals surface area contributed by atoms with Crippen LogP contribution in [-0.4, -0.2) is 38.3 Å². The maximum Gasteiger partial charge on any atom is 0.229 e. The van der Waals surface area contributed by atoms with Gasteiger partial charge in [-0.15, -0.1) is 0 Å². The molecule has 4 rings (SSSR count). The molecule has 1 saturated heterocycles. The minimum atomic E-state index is -0.462. The first-order valence-electron chi connectivity index (χ1n) is 12.2. The van der Waals surface area contributed by atoms with Gasteiger partial charge in [-0.05, 0) is 91.6 Å². The lowest BCUT2D eigenvalue weighted by atomic mass is 9.79. The molecule has 2 aromatic heterocycles. The van der Waals surface area contributed by atoms with Gasteiger partial charge in [-0.25, -0.2) is 9.37 Å². The summed E-state index contributed by atoms with van der Waals surface area (Å²) >= 11 is 0. The largest absolute Gasteiger partial charge is 0.492 e. The predicted octanol–water partition coefficient (Wildman–Crippen LogP) is 5.89. The van der Waals surface area contributed by atoms with Gasteiger partial charge in [0, 0.05) is 34.2 Å². The van der Waals surface area contributed by atoms with E-state index in [-0.39, 0.29) is 22.9 Å². The van der Waals surface area contributed by atoms with Gasteiger partial charge in [-0.2, -0.15) is 4.98 Å². The topological polar surface area (TPSA) is 76.0 Å². The van der Waals surface area contributed by atoms with Gasteiger partial charge in [0.15, 0.2) is 11.6 Å². The van der Waals surface area contributed by atoms with E-state index >= 15 is 0 Å². The Morgan fingerprint density at radius 2 is 1.74 bits per heavy atom. The number of aryl methyl sites for hydroxylation is 2. The molecule has 8 heteroatoms. The van der Waals surface area contributed by atoms with Crippen LogP contribution >= 0.6 is 0 Å². The van der Waals surface area contributed by atoms with Crippen molar-refractivity contribution in [2.45, 2.75) is 78.4 Å². The van der Waals surface area contributed by atoms with Crippen LogP contribution in [0.5, 0.6) is 5.75 Å². The molecule has 0 amide bonds. The first-order valence-corrected chi connectivity index (χ1v) is 12.2. The zero-order chi connectivity index (χ0) is 25.4. The van der Waals surface area contributed by atoms with Crippen molar-refractivity contribution in [1.29, 1.82) is 0 Å². The summed E-state index contributed by atoms with van der Waals surface area (Å²) in [6, 6.07) is 10.1. The van der Waals surface area contributed by atoms with Crippen molar-refractivity contribution in [3.8, 4) is 11.4 Å². The van der Waals surface area contributed by atoms with Gasteiger partial charge in [0.2, 0.25) is 5.95 Å². The summed E-state index contributed by atoms with van der Waals surface area (Å²) in [5, 5.41) is 10.2. The number of nitrogens with one attached hydrogen (secondary N) is 3. The van der Waals surface area contributed by atoms with Crippen LogP contribution in [-0.2, 0) is 0 Å². The number of anilines is 3. The third kappa shape index (κ3) is 5.75. The number of rotatable bonds is 7. The van der Waals surface area contributed by atoms with E-state index in [0.29, 0.717) is 12.6 Å². The third-order valence-corrected chi connectivity index (χ3v) is 6.30. The van der Waals surface area contributed by atoms with Crippen LogP contribution in [0.4, 0.5) is 21.8 Å². The molecule has 1 aromatic carbocycles. The number of aromatic nitrogens is 3. The van der Waals surface area contributed by atoms with E-state index in [2.05, 4.69) is 84.2 Å². The van der Waals surface area contributed by atoms with Crippen LogP contribution in [0.1, 0.15) is 58.8 Å². The Balaban J connectivity index is 1.60. The second-order valence-electron chi connectivity index (χ2n) is 10.7. The molecule has 0 aliphatic carbocycles. The molecule has 0 saturated carbocycles. The molecule has 1 aliphatic rings. The van der Waals surface area contributed by atoms with Crippen molar-refractivity contribution < 1.29 is 9.13 Å². The van der Waals surface area contributed by atoms with Gasteiger partial charge in [-0.1, -0.05) is 0 Å². The number of ether oxygens (including phenoxy) is 1. The van der Waals surface area contributed by atoms with Gasteiger partial charge >= 0.3 is 0 Å². The summed E-state index contributed by atoms with van der Waals surface area (Å²) in [5.41, 5.74) is 3.82. The molecule has 0 radical (unpaired) electrons. The van der Waals surface area contributed by atoms with E-state index in [1.54, 1.807) is 0 Å². The van der Waals surface area contributed by atoms with Crippen molar-refractivity contribution in [1.82, 2.24) is 19.9 Å². The number of hydrogen-bond acceptors (Lipinski definition) is 6. The Bertz CT molecular complexity index is 1170. The fourth-order valence-electron chi connectivity index (χ4n) is 5.37. The van der Waals surface area contributed by atoms with Gasteiger partial charge in [0.25, 0.3) is 0 Å². The molecule has 3 N–H and O–H groups in total. The monoisotopic (exact) mass is 480 g/mol. The second kappa shape index (κ2) is 9.49. The summed E-state index contributed by atoms with van der Waals surface area (Å²) in [6.45, 7) is 15.3. The summed E-state index contributed by atoms with van der Waals surface area (Å²) in [6.07, 6.45) is 2.94. The maximum atomic E-state index is 14.7. The summed E-state index contributed by atoms with van der Waals surface area (Å²) < 4.78 is 22.7. The highest BCUT2D eigenvalue weighted by Gasteiger charge is 2.38. The van der Waals surface area contributed by atoms with Gasteiger partial charge in [-0.3, -0.25) is 0 Å². The van der Waals surface area contributed by atoms with Crippen molar-refractivity contribution >= 4 is 17.5 Å². The standard InChI is InChI=1S/C27H37FN6O/c1-8-35-23-12-11-19(13-22(23)34-17(2)9-10-18(34)3)31-25-29-16-21(28)24(32-25)30-20-14-26(4,5)33-27(6,7)15-20/h9-13,16,20,33H,8,14-15H2,1-7H3,(H2,29,30,31,32). The molecular weight excluding hydrogens is 443 g/mol. The average molecular weight is 481 g/mol. The molecule has 0 bridgehead atoms. The highest BCUT2D eigenvalue weighted by atomic mass is 19.1. The van der Waals surface area contributed by atoms with Gasteiger partial charge < -0.3 is 25.3 Å². The molecule has 3 heterocycles. The van der Waals surface area contributed by atoms with Gasteiger partial charge in [0.05, 0.1) is 18.5 Å². The maximum absolute atomic E-state index is 14.7. The minimum Gasteiger partial charge on any atom is -0.492 e. The second-order valence-corrected chi connectivity index (χ2v) is 10.7. The van der Waals surface area contributed by atoms with E-state index in [1.165, 1.54) is 6.20 Å². The van der Waals surface area contributed by atoms with Crippen LogP contribution in [0.3, 0.4) is 0 Å². The van der Waals surface area contributed by atoms with Crippen molar-refractivity contribution in [3.05, 3.63) is 53.7 Å². The van der Waals surface area contributed by atoms with Crippen LogP contribution in [0.25, 0.3) is 5.69 Å². The lowest BCUT2D eigenvalue weighted by Gasteiger charge is -2.46. The fraction of sp³-hybridized carbons (Fsp3) is 0.481. The Morgan fingerprint density at radius 3 is 2.37 bits per heavy atom. The lowest BCUT2D eigenvalue weighted by Crippen LogP contribution is -2.60. The van der Waals surface area contributed by atoms with E-state index in [0.717, 1.165) is 41.4 Å². The number of nitrogens with zero attached hydrogens (tertiary/aromatic N) is 3.